The van der Waals surface area contributed by atoms with Gasteiger partial charge in [-0.05, 0) is 39.5 Å². The molecule has 0 atom stereocenters. The van der Waals surface area contributed by atoms with Crippen molar-refractivity contribution in [3.63, 3.8) is 0 Å². The minimum absolute atomic E-state index is 0.515. The summed E-state index contributed by atoms with van der Waals surface area (Å²) < 4.78 is 5.65. The Hall–Kier alpha value is -1.90. The Bertz CT molecular complexity index is 743. The molecule has 19 heavy (non-hydrogen) atoms. The fourth-order valence-electron chi connectivity index (χ4n) is 1.82. The Labute approximate surface area is 122 Å². The van der Waals surface area contributed by atoms with Gasteiger partial charge < -0.3 is 4.42 Å². The van der Waals surface area contributed by atoms with Gasteiger partial charge in [0.15, 0.2) is 0 Å². The highest BCUT2D eigenvalue weighted by molar-refractivity contribution is 9.10. The van der Waals surface area contributed by atoms with E-state index in [0.29, 0.717) is 10.2 Å². The highest BCUT2D eigenvalue weighted by atomic mass is 79.9. The fraction of sp³-hybridized carbons (Fsp3) is 0. The van der Waals surface area contributed by atoms with Crippen LogP contribution in [0.25, 0.3) is 21.7 Å². The average Bonchev–Trinajstić information content (AvgIpc) is 3.11. The molecule has 0 aliphatic rings. The van der Waals surface area contributed by atoms with Crippen LogP contribution in [-0.2, 0) is 0 Å². The molecule has 3 nitrogen and oxygen atoms in total. The van der Waals surface area contributed by atoms with Crippen molar-refractivity contribution in [2.75, 3.05) is 0 Å². The number of furan rings is 1. The fourth-order valence-corrected chi connectivity index (χ4v) is 3.00. The van der Waals surface area contributed by atoms with E-state index in [2.05, 4.69) is 27.0 Å². The van der Waals surface area contributed by atoms with Crippen molar-refractivity contribution in [3.05, 3.63) is 52.3 Å². The van der Waals surface area contributed by atoms with Crippen molar-refractivity contribution in [1.29, 1.82) is 5.26 Å². The zero-order valence-electron chi connectivity index (χ0n) is 9.63. The van der Waals surface area contributed by atoms with E-state index in [9.17, 15) is 5.26 Å². The van der Waals surface area contributed by atoms with Crippen molar-refractivity contribution >= 4 is 27.3 Å². The molecule has 0 saturated carbocycles. The van der Waals surface area contributed by atoms with Crippen molar-refractivity contribution in [2.45, 2.75) is 0 Å². The normalized spacial score (nSPS) is 10.3. The minimum Gasteiger partial charge on any atom is -0.472 e. The van der Waals surface area contributed by atoms with E-state index < -0.39 is 0 Å². The van der Waals surface area contributed by atoms with E-state index in [-0.39, 0.29) is 0 Å². The highest BCUT2D eigenvalue weighted by Crippen LogP contribution is 2.33. The first-order valence-electron chi connectivity index (χ1n) is 5.46. The molecular formula is C14H7BrN2OS. The van der Waals surface area contributed by atoms with Crippen molar-refractivity contribution in [3.8, 4) is 27.8 Å². The second-order valence-electron chi connectivity index (χ2n) is 3.82. The first-order valence-corrected chi connectivity index (χ1v) is 7.14. The molecule has 0 aliphatic carbocycles. The van der Waals surface area contributed by atoms with Gasteiger partial charge in [0.05, 0.1) is 28.7 Å². The molecule has 0 fully saturated rings. The number of thiophene rings is 1. The summed E-state index contributed by atoms with van der Waals surface area (Å²) in [5.74, 6) is 0. The summed E-state index contributed by atoms with van der Waals surface area (Å²) in [5.41, 5.74) is 3.05. The number of rotatable bonds is 2. The van der Waals surface area contributed by atoms with Crippen LogP contribution < -0.4 is 0 Å². The van der Waals surface area contributed by atoms with Crippen LogP contribution >= 0.6 is 27.3 Å². The molecule has 0 radical (unpaired) electrons. The number of hydrogen-bond acceptors (Lipinski definition) is 4. The lowest BCUT2D eigenvalue weighted by Crippen LogP contribution is -1.91. The maximum Gasteiger partial charge on any atom is 0.125 e. The molecule has 3 aromatic heterocycles. The minimum atomic E-state index is 0.515. The number of hydrogen-bond donors (Lipinski definition) is 0. The third-order valence-corrected chi connectivity index (χ3v) is 4.16. The van der Waals surface area contributed by atoms with E-state index >= 15 is 0 Å². The third-order valence-electron chi connectivity index (χ3n) is 2.69. The number of nitrogens with zero attached hydrogens (tertiary/aromatic N) is 2. The predicted molar refractivity (Wildman–Crippen MR) is 77.7 cm³/mol. The topological polar surface area (TPSA) is 49.8 Å². The summed E-state index contributed by atoms with van der Waals surface area (Å²) in [6.07, 6.45) is 3.22. The van der Waals surface area contributed by atoms with Gasteiger partial charge in [0.1, 0.15) is 10.7 Å². The lowest BCUT2D eigenvalue weighted by atomic mass is 10.0. The third kappa shape index (κ3) is 2.21. The summed E-state index contributed by atoms with van der Waals surface area (Å²) in [4.78, 5) is 5.50. The van der Waals surface area contributed by atoms with Gasteiger partial charge in [-0.3, -0.25) is 0 Å². The van der Waals surface area contributed by atoms with E-state index in [1.807, 2.05) is 29.6 Å². The summed E-state index contributed by atoms with van der Waals surface area (Å²) in [6, 6.07) is 9.91. The van der Waals surface area contributed by atoms with Crippen LogP contribution in [0.2, 0.25) is 0 Å². The predicted octanol–water partition coefficient (Wildman–Crippen LogP) is 4.70. The van der Waals surface area contributed by atoms with Crippen LogP contribution in [0.5, 0.6) is 0 Å². The Kier molecular flexibility index (Phi) is 3.20. The highest BCUT2D eigenvalue weighted by Gasteiger charge is 2.14. The molecule has 3 rings (SSSR count). The molecule has 0 spiro atoms. The molecule has 0 amide bonds. The number of aromatic nitrogens is 1. The number of pyridine rings is 1. The van der Waals surface area contributed by atoms with Gasteiger partial charge in [-0.2, -0.15) is 5.26 Å². The monoisotopic (exact) mass is 330 g/mol. The van der Waals surface area contributed by atoms with E-state index in [4.69, 9.17) is 4.42 Å². The van der Waals surface area contributed by atoms with Gasteiger partial charge >= 0.3 is 0 Å². The average molecular weight is 331 g/mol. The zero-order valence-corrected chi connectivity index (χ0v) is 12.0. The van der Waals surface area contributed by atoms with Crippen LogP contribution in [0.3, 0.4) is 0 Å². The second-order valence-corrected chi connectivity index (χ2v) is 5.52. The first kappa shape index (κ1) is 12.2. The molecule has 0 saturated heterocycles. The summed E-state index contributed by atoms with van der Waals surface area (Å²) in [6.45, 7) is 0. The van der Waals surface area contributed by atoms with Crippen LogP contribution in [0.15, 0.2) is 51.2 Å². The maximum absolute atomic E-state index is 9.27. The standard InChI is InChI=1S/C14H7BrN2OS/c15-14-11(7-16)10(9-3-4-18-8-9)6-12(17-14)13-2-1-5-19-13/h1-6,8H. The molecule has 3 aromatic rings. The van der Waals surface area contributed by atoms with E-state index in [1.54, 1.807) is 23.9 Å². The number of halogens is 1. The van der Waals surface area contributed by atoms with Gasteiger partial charge in [0.2, 0.25) is 0 Å². The maximum atomic E-state index is 9.27. The molecule has 3 heterocycles. The van der Waals surface area contributed by atoms with Crippen molar-refractivity contribution < 1.29 is 4.42 Å². The Morgan fingerprint density at radius 1 is 1.37 bits per heavy atom. The smallest absolute Gasteiger partial charge is 0.125 e. The van der Waals surface area contributed by atoms with Crippen LogP contribution in [0.1, 0.15) is 5.56 Å². The Balaban J connectivity index is 2.25. The number of nitriles is 1. The van der Waals surface area contributed by atoms with Crippen molar-refractivity contribution in [1.82, 2.24) is 4.98 Å². The second kappa shape index (κ2) is 5.00. The molecule has 0 unspecified atom stereocenters. The molecule has 92 valence electrons. The molecule has 0 aliphatic heterocycles. The molecule has 5 heteroatoms. The van der Waals surface area contributed by atoms with E-state index in [0.717, 1.165) is 21.7 Å². The van der Waals surface area contributed by atoms with Crippen LogP contribution in [-0.4, -0.2) is 4.98 Å². The summed E-state index contributed by atoms with van der Waals surface area (Å²) in [5, 5.41) is 11.3. The molecule has 0 bridgehead atoms. The summed E-state index contributed by atoms with van der Waals surface area (Å²) in [7, 11) is 0. The van der Waals surface area contributed by atoms with Gasteiger partial charge in [-0.1, -0.05) is 6.07 Å². The van der Waals surface area contributed by atoms with Gasteiger partial charge in [-0.25, -0.2) is 4.98 Å². The quantitative estimate of drug-likeness (QED) is 0.639. The Morgan fingerprint density at radius 2 is 2.26 bits per heavy atom. The Morgan fingerprint density at radius 3 is 2.89 bits per heavy atom. The molecule has 0 aromatic carbocycles. The van der Waals surface area contributed by atoms with Crippen molar-refractivity contribution in [2.24, 2.45) is 0 Å². The zero-order chi connectivity index (χ0) is 13.2. The van der Waals surface area contributed by atoms with Crippen LogP contribution in [0.4, 0.5) is 0 Å². The molecule has 0 N–H and O–H groups in total. The summed E-state index contributed by atoms with van der Waals surface area (Å²) >= 11 is 4.98. The van der Waals surface area contributed by atoms with Crippen LogP contribution in [0, 0.1) is 11.3 Å². The lowest BCUT2D eigenvalue weighted by molar-refractivity contribution is 0.568. The molecular weight excluding hydrogens is 324 g/mol. The first-order chi connectivity index (χ1) is 9.29. The van der Waals surface area contributed by atoms with E-state index in [1.165, 1.54) is 0 Å². The lowest BCUT2D eigenvalue weighted by Gasteiger charge is -2.06. The largest absolute Gasteiger partial charge is 0.472 e. The van der Waals surface area contributed by atoms with Gasteiger partial charge in [0, 0.05) is 11.1 Å². The van der Waals surface area contributed by atoms with Gasteiger partial charge in [0.25, 0.3) is 0 Å². The SMILES string of the molecule is N#Cc1c(-c2ccoc2)cc(-c2cccs2)nc1Br. The van der Waals surface area contributed by atoms with Gasteiger partial charge in [-0.15, -0.1) is 11.3 Å².